The molecule has 0 amide bonds. The zero-order valence-electron chi connectivity index (χ0n) is 7.66. The zero-order chi connectivity index (χ0) is 11.9. The molecule has 4 nitrogen and oxygen atoms in total. The smallest absolute Gasteiger partial charge is 0.371 e. The highest BCUT2D eigenvalue weighted by Crippen LogP contribution is 2.27. The third kappa shape index (κ3) is 1.66. The van der Waals surface area contributed by atoms with Gasteiger partial charge in [0.25, 0.3) is 0 Å². The number of carbonyl (C=O) groups is 1. The molecule has 0 aliphatic heterocycles. The van der Waals surface area contributed by atoms with Crippen molar-refractivity contribution in [2.75, 3.05) is 0 Å². The first kappa shape index (κ1) is 11.0. The van der Waals surface area contributed by atoms with E-state index in [2.05, 4.69) is 0 Å². The molecule has 0 unspecified atom stereocenters. The fraction of sp³-hybridized carbons (Fsp3) is 0. The summed E-state index contributed by atoms with van der Waals surface area (Å²) in [6.07, 6.45) is 0. The van der Waals surface area contributed by atoms with Crippen LogP contribution in [0.4, 0.5) is 0 Å². The average molecular weight is 259 g/mol. The van der Waals surface area contributed by atoms with Crippen molar-refractivity contribution in [3.05, 3.63) is 44.2 Å². The third-order valence-corrected chi connectivity index (χ3v) is 2.60. The number of fused-ring (bicyclic) bond motifs is 1. The molecule has 0 spiro atoms. The van der Waals surface area contributed by atoms with Gasteiger partial charge >= 0.3 is 5.97 Å². The van der Waals surface area contributed by atoms with Gasteiger partial charge in [0.15, 0.2) is 11.0 Å². The van der Waals surface area contributed by atoms with Crippen molar-refractivity contribution in [2.45, 2.75) is 0 Å². The lowest BCUT2D eigenvalue weighted by atomic mass is 10.2. The van der Waals surface area contributed by atoms with E-state index in [9.17, 15) is 9.59 Å². The average Bonchev–Trinajstić information content (AvgIpc) is 2.22. The fourth-order valence-electron chi connectivity index (χ4n) is 1.30. The second-order valence-electron chi connectivity index (χ2n) is 3.01. The van der Waals surface area contributed by atoms with Crippen molar-refractivity contribution in [3.63, 3.8) is 0 Å². The van der Waals surface area contributed by atoms with Gasteiger partial charge in [0.05, 0.1) is 15.4 Å². The third-order valence-electron chi connectivity index (χ3n) is 1.99. The molecular formula is C10H4Cl2O4. The molecule has 2 aromatic rings. The van der Waals surface area contributed by atoms with Gasteiger partial charge in [-0.25, -0.2) is 4.79 Å². The molecule has 1 aromatic heterocycles. The highest BCUT2D eigenvalue weighted by molar-refractivity contribution is 6.39. The Balaban J connectivity index is 2.98. The van der Waals surface area contributed by atoms with E-state index in [0.717, 1.165) is 6.07 Å². The van der Waals surface area contributed by atoms with E-state index in [1.807, 2.05) is 0 Å². The van der Waals surface area contributed by atoms with Crippen molar-refractivity contribution in [2.24, 2.45) is 0 Å². The van der Waals surface area contributed by atoms with Gasteiger partial charge in [-0.05, 0) is 12.1 Å². The lowest BCUT2D eigenvalue weighted by Gasteiger charge is -2.02. The second-order valence-corrected chi connectivity index (χ2v) is 3.83. The summed E-state index contributed by atoms with van der Waals surface area (Å²) in [5.74, 6) is -1.81. The van der Waals surface area contributed by atoms with Crippen LogP contribution < -0.4 is 5.43 Å². The van der Waals surface area contributed by atoms with E-state index in [1.54, 1.807) is 0 Å². The summed E-state index contributed by atoms with van der Waals surface area (Å²) < 4.78 is 5.00. The maximum atomic E-state index is 11.6. The largest absolute Gasteiger partial charge is 0.475 e. The predicted octanol–water partition coefficient (Wildman–Crippen LogP) is 2.80. The summed E-state index contributed by atoms with van der Waals surface area (Å²) in [6, 6.07) is 3.75. The van der Waals surface area contributed by atoms with Gasteiger partial charge < -0.3 is 9.52 Å². The summed E-state index contributed by atoms with van der Waals surface area (Å²) in [5.41, 5.74) is -0.551. The SMILES string of the molecule is O=C(O)c1cc(=O)c2c(Cl)ccc(Cl)c2o1. The van der Waals surface area contributed by atoms with Crippen LogP contribution in [0.5, 0.6) is 0 Å². The topological polar surface area (TPSA) is 67.5 Å². The summed E-state index contributed by atoms with van der Waals surface area (Å²) in [5, 5.41) is 9.11. The molecule has 0 bridgehead atoms. The van der Waals surface area contributed by atoms with Crippen LogP contribution in [0.2, 0.25) is 10.0 Å². The second kappa shape index (κ2) is 3.81. The van der Waals surface area contributed by atoms with Crippen LogP contribution in [-0.4, -0.2) is 11.1 Å². The molecule has 16 heavy (non-hydrogen) atoms. The van der Waals surface area contributed by atoms with Crippen LogP contribution in [0.25, 0.3) is 11.0 Å². The number of carboxylic acid groups (broad SMARTS) is 1. The van der Waals surface area contributed by atoms with Crippen LogP contribution in [0, 0.1) is 0 Å². The Morgan fingerprint density at radius 2 is 1.88 bits per heavy atom. The predicted molar refractivity (Wildman–Crippen MR) is 59.5 cm³/mol. The standard InChI is InChI=1S/C10H4Cl2O4/c11-4-1-2-5(12)9-8(4)6(13)3-7(16-9)10(14)15/h1-3H,(H,14,15). The number of hydrogen-bond donors (Lipinski definition) is 1. The number of hydrogen-bond acceptors (Lipinski definition) is 3. The molecule has 1 heterocycles. The van der Waals surface area contributed by atoms with Gasteiger partial charge in [-0.15, -0.1) is 0 Å². The Kier molecular flexibility index (Phi) is 2.61. The first-order chi connectivity index (χ1) is 7.50. The Bertz CT molecular complexity index is 645. The normalized spacial score (nSPS) is 10.6. The number of aromatic carboxylic acids is 1. The quantitative estimate of drug-likeness (QED) is 0.854. The molecule has 0 aliphatic carbocycles. The van der Waals surface area contributed by atoms with Crippen LogP contribution in [0.1, 0.15) is 10.6 Å². The molecule has 0 aliphatic rings. The van der Waals surface area contributed by atoms with Crippen LogP contribution in [-0.2, 0) is 0 Å². The lowest BCUT2D eigenvalue weighted by Crippen LogP contribution is -2.06. The van der Waals surface area contributed by atoms with E-state index in [4.69, 9.17) is 32.7 Å². The molecule has 0 fully saturated rings. The first-order valence-corrected chi connectivity index (χ1v) is 4.91. The maximum absolute atomic E-state index is 11.6. The summed E-state index contributed by atoms with van der Waals surface area (Å²) in [4.78, 5) is 22.3. The van der Waals surface area contributed by atoms with Gasteiger partial charge in [0, 0.05) is 6.07 Å². The molecule has 6 heteroatoms. The molecule has 82 valence electrons. The van der Waals surface area contributed by atoms with Gasteiger partial charge in [-0.3, -0.25) is 4.79 Å². The van der Waals surface area contributed by atoms with E-state index in [0.29, 0.717) is 0 Å². The monoisotopic (exact) mass is 258 g/mol. The molecule has 0 saturated carbocycles. The first-order valence-electron chi connectivity index (χ1n) is 4.16. The number of rotatable bonds is 1. The van der Waals surface area contributed by atoms with Gasteiger partial charge in [-0.1, -0.05) is 23.2 Å². The van der Waals surface area contributed by atoms with Crippen molar-refractivity contribution in [1.29, 1.82) is 0 Å². The Morgan fingerprint density at radius 1 is 1.25 bits per heavy atom. The Morgan fingerprint density at radius 3 is 2.50 bits per heavy atom. The summed E-state index contributed by atoms with van der Waals surface area (Å²) >= 11 is 11.6. The Hall–Kier alpha value is -1.52. The highest BCUT2D eigenvalue weighted by Gasteiger charge is 2.14. The molecule has 0 saturated heterocycles. The van der Waals surface area contributed by atoms with Crippen LogP contribution >= 0.6 is 23.2 Å². The molecule has 1 N–H and O–H groups in total. The van der Waals surface area contributed by atoms with E-state index in [1.165, 1.54) is 12.1 Å². The minimum Gasteiger partial charge on any atom is -0.475 e. The van der Waals surface area contributed by atoms with Gasteiger partial charge in [0.2, 0.25) is 5.76 Å². The van der Waals surface area contributed by atoms with Gasteiger partial charge in [0.1, 0.15) is 0 Å². The minimum atomic E-state index is -1.34. The van der Waals surface area contributed by atoms with E-state index >= 15 is 0 Å². The van der Waals surface area contributed by atoms with Crippen molar-refractivity contribution in [1.82, 2.24) is 0 Å². The Labute approximate surface area is 99.0 Å². The molecular weight excluding hydrogens is 255 g/mol. The van der Waals surface area contributed by atoms with Crippen molar-refractivity contribution >= 4 is 40.1 Å². The highest BCUT2D eigenvalue weighted by atomic mass is 35.5. The summed E-state index contributed by atoms with van der Waals surface area (Å²) in [7, 11) is 0. The van der Waals surface area contributed by atoms with E-state index < -0.39 is 17.2 Å². The molecule has 1 aromatic carbocycles. The van der Waals surface area contributed by atoms with E-state index in [-0.39, 0.29) is 21.0 Å². The molecule has 0 radical (unpaired) electrons. The van der Waals surface area contributed by atoms with Crippen molar-refractivity contribution in [3.8, 4) is 0 Å². The van der Waals surface area contributed by atoms with Gasteiger partial charge in [-0.2, -0.15) is 0 Å². The lowest BCUT2D eigenvalue weighted by molar-refractivity contribution is 0.0663. The van der Waals surface area contributed by atoms with Crippen LogP contribution in [0.15, 0.2) is 27.4 Å². The van der Waals surface area contributed by atoms with Crippen LogP contribution in [0.3, 0.4) is 0 Å². The number of benzene rings is 1. The summed E-state index contributed by atoms with van der Waals surface area (Å²) in [6.45, 7) is 0. The molecule has 0 atom stereocenters. The zero-order valence-corrected chi connectivity index (χ0v) is 9.17. The van der Waals surface area contributed by atoms with Crippen molar-refractivity contribution < 1.29 is 14.3 Å². The number of halogens is 2. The fourth-order valence-corrected chi connectivity index (χ4v) is 1.74. The minimum absolute atomic E-state index is 0.0148. The maximum Gasteiger partial charge on any atom is 0.371 e. The number of carboxylic acids is 1. The molecule has 2 rings (SSSR count).